The summed E-state index contributed by atoms with van der Waals surface area (Å²) in [5.74, 6) is -1.11. The summed E-state index contributed by atoms with van der Waals surface area (Å²) in [6, 6.07) is 4.32. The van der Waals surface area contributed by atoms with Crippen LogP contribution in [0, 0.1) is 0 Å². The normalized spacial score (nSPS) is 12.1. The number of aliphatic carboxylic acids is 1. The molecule has 1 atom stereocenters. The molecule has 1 aromatic carbocycles. The van der Waals surface area contributed by atoms with Crippen LogP contribution in [-0.2, 0) is 16.0 Å². The van der Waals surface area contributed by atoms with Gasteiger partial charge in [-0.1, -0.05) is 22.0 Å². The Balaban J connectivity index is 3.17. The molecule has 0 aromatic heterocycles. The number of benzene rings is 1. The van der Waals surface area contributed by atoms with E-state index in [1.807, 2.05) is 0 Å². The third kappa shape index (κ3) is 3.06. The van der Waals surface area contributed by atoms with Gasteiger partial charge in [-0.05, 0) is 30.2 Å². The fourth-order valence-corrected chi connectivity index (χ4v) is 1.79. The predicted octanol–water partition coefficient (Wildman–Crippen LogP) is 2.04. The molecule has 0 aliphatic heterocycles. The minimum Gasteiger partial charge on any atom is -0.508 e. The smallest absolute Gasteiger partial charge is 0.307 e. The number of ketones is 1. The highest BCUT2D eigenvalue weighted by atomic mass is 79.9. The van der Waals surface area contributed by atoms with Crippen molar-refractivity contribution < 1.29 is 19.8 Å². The molecule has 0 heterocycles. The number of carboxylic acids is 1. The molecule has 0 radical (unpaired) electrons. The second-order valence-corrected chi connectivity index (χ2v) is 4.34. The molecule has 0 spiro atoms. The molecule has 86 valence electrons. The molecule has 1 rings (SSSR count). The van der Waals surface area contributed by atoms with Gasteiger partial charge in [-0.15, -0.1) is 0 Å². The van der Waals surface area contributed by atoms with Crippen molar-refractivity contribution in [1.29, 1.82) is 0 Å². The summed E-state index contributed by atoms with van der Waals surface area (Å²) in [5.41, 5.74) is 1.01. The summed E-state index contributed by atoms with van der Waals surface area (Å²) in [5, 5.41) is 18.0. The molecule has 5 heteroatoms. The number of halogens is 1. The molecule has 0 saturated carbocycles. The van der Waals surface area contributed by atoms with Crippen LogP contribution in [-0.4, -0.2) is 22.0 Å². The lowest BCUT2D eigenvalue weighted by Gasteiger charge is -2.12. The summed E-state index contributed by atoms with van der Waals surface area (Å²) in [6.45, 7) is 1.40. The van der Waals surface area contributed by atoms with Gasteiger partial charge in [0.15, 0.2) is 0 Å². The largest absolute Gasteiger partial charge is 0.508 e. The Kier molecular flexibility index (Phi) is 4.06. The number of Topliss-reactive ketones (excluding diaryl/α,β-unsaturated/α-hetero) is 1. The average Bonchev–Trinajstić information content (AvgIpc) is 2.18. The summed E-state index contributed by atoms with van der Waals surface area (Å²) in [4.78, 5) is 21.3. The van der Waals surface area contributed by atoms with Crippen molar-refractivity contribution in [2.45, 2.75) is 18.2 Å². The lowest BCUT2D eigenvalue weighted by molar-refractivity contribution is -0.136. The Morgan fingerprint density at radius 2 is 2.06 bits per heavy atom. The zero-order valence-electron chi connectivity index (χ0n) is 8.61. The lowest BCUT2D eigenvalue weighted by atomic mass is 10.00. The van der Waals surface area contributed by atoms with E-state index in [-0.39, 0.29) is 18.0 Å². The molecular formula is C11H11BrO4. The summed E-state index contributed by atoms with van der Waals surface area (Å²) in [6.07, 6.45) is -0.176. The third-order valence-electron chi connectivity index (χ3n) is 2.10. The zero-order valence-corrected chi connectivity index (χ0v) is 10.2. The highest BCUT2D eigenvalue weighted by molar-refractivity contribution is 9.09. The van der Waals surface area contributed by atoms with Crippen LogP contribution in [0.25, 0.3) is 0 Å². The maximum Gasteiger partial charge on any atom is 0.307 e. The fraction of sp³-hybridized carbons (Fsp3) is 0.273. The van der Waals surface area contributed by atoms with E-state index >= 15 is 0 Å². The molecular weight excluding hydrogens is 276 g/mol. The number of carbonyl (C=O) groups is 2. The van der Waals surface area contributed by atoms with Crippen molar-refractivity contribution in [3.8, 4) is 5.75 Å². The minimum absolute atomic E-state index is 0.00911. The second-order valence-electron chi connectivity index (χ2n) is 3.43. The minimum atomic E-state index is -0.977. The molecule has 4 nitrogen and oxygen atoms in total. The standard InChI is InChI=1S/C11H11BrO4/c1-6(13)11(12)9-5-8(14)3-2-7(9)4-10(15)16/h2-3,5,11,14H,4H2,1H3,(H,15,16). The topological polar surface area (TPSA) is 74.6 Å². The monoisotopic (exact) mass is 286 g/mol. The van der Waals surface area contributed by atoms with Crippen molar-refractivity contribution in [2.75, 3.05) is 0 Å². The molecule has 0 aliphatic rings. The molecule has 0 fully saturated rings. The molecule has 0 saturated heterocycles. The molecule has 2 N–H and O–H groups in total. The van der Waals surface area contributed by atoms with Crippen LogP contribution >= 0.6 is 15.9 Å². The van der Waals surface area contributed by atoms with Crippen molar-refractivity contribution in [1.82, 2.24) is 0 Å². The summed E-state index contributed by atoms with van der Waals surface area (Å²) in [7, 11) is 0. The van der Waals surface area contributed by atoms with Crippen LogP contribution in [0.3, 0.4) is 0 Å². The van der Waals surface area contributed by atoms with Gasteiger partial charge in [0.2, 0.25) is 0 Å². The van der Waals surface area contributed by atoms with E-state index in [0.717, 1.165) is 0 Å². The Morgan fingerprint density at radius 1 is 1.44 bits per heavy atom. The second kappa shape index (κ2) is 5.12. The Hall–Kier alpha value is -1.36. The van der Waals surface area contributed by atoms with Crippen LogP contribution < -0.4 is 0 Å². The Bertz CT molecular complexity index is 428. The first-order valence-electron chi connectivity index (χ1n) is 4.60. The van der Waals surface area contributed by atoms with E-state index in [9.17, 15) is 14.7 Å². The van der Waals surface area contributed by atoms with Gasteiger partial charge in [0, 0.05) is 0 Å². The predicted molar refractivity (Wildman–Crippen MR) is 61.8 cm³/mol. The van der Waals surface area contributed by atoms with E-state index in [2.05, 4.69) is 15.9 Å². The molecule has 16 heavy (non-hydrogen) atoms. The molecule has 1 unspecified atom stereocenters. The number of aromatic hydroxyl groups is 1. The van der Waals surface area contributed by atoms with Crippen LogP contribution in [0.15, 0.2) is 18.2 Å². The molecule has 0 aliphatic carbocycles. The number of hydrogen-bond donors (Lipinski definition) is 2. The van der Waals surface area contributed by atoms with Gasteiger partial charge in [-0.3, -0.25) is 9.59 Å². The number of hydrogen-bond acceptors (Lipinski definition) is 3. The Labute approximate surface area is 101 Å². The molecule has 0 amide bonds. The Morgan fingerprint density at radius 3 is 2.56 bits per heavy atom. The third-order valence-corrected chi connectivity index (χ3v) is 3.24. The highest BCUT2D eigenvalue weighted by Gasteiger charge is 2.18. The number of alkyl halides is 1. The van der Waals surface area contributed by atoms with E-state index in [1.54, 1.807) is 0 Å². The van der Waals surface area contributed by atoms with E-state index in [4.69, 9.17) is 5.11 Å². The SMILES string of the molecule is CC(=O)C(Br)c1cc(O)ccc1CC(=O)O. The van der Waals surface area contributed by atoms with Gasteiger partial charge in [0.05, 0.1) is 11.2 Å². The first kappa shape index (κ1) is 12.7. The van der Waals surface area contributed by atoms with E-state index < -0.39 is 10.8 Å². The number of rotatable bonds is 4. The van der Waals surface area contributed by atoms with E-state index in [0.29, 0.717) is 11.1 Å². The molecule has 0 bridgehead atoms. The van der Waals surface area contributed by atoms with Crippen molar-refractivity contribution in [3.63, 3.8) is 0 Å². The van der Waals surface area contributed by atoms with Crippen molar-refractivity contribution >= 4 is 27.7 Å². The van der Waals surface area contributed by atoms with Crippen LogP contribution in [0.2, 0.25) is 0 Å². The molecule has 1 aromatic rings. The van der Waals surface area contributed by atoms with Gasteiger partial charge in [0.1, 0.15) is 11.5 Å². The van der Waals surface area contributed by atoms with Crippen molar-refractivity contribution in [2.24, 2.45) is 0 Å². The average molecular weight is 287 g/mol. The fourth-order valence-electron chi connectivity index (χ4n) is 1.36. The van der Waals surface area contributed by atoms with Crippen LogP contribution in [0.5, 0.6) is 5.75 Å². The lowest BCUT2D eigenvalue weighted by Crippen LogP contribution is -2.08. The van der Waals surface area contributed by atoms with Gasteiger partial charge in [-0.25, -0.2) is 0 Å². The summed E-state index contributed by atoms with van der Waals surface area (Å²) < 4.78 is 0. The van der Waals surface area contributed by atoms with Crippen LogP contribution in [0.4, 0.5) is 0 Å². The number of phenolic OH excluding ortho intramolecular Hbond substituents is 1. The van der Waals surface area contributed by atoms with E-state index in [1.165, 1.54) is 25.1 Å². The maximum atomic E-state index is 11.2. The zero-order chi connectivity index (χ0) is 12.3. The highest BCUT2D eigenvalue weighted by Crippen LogP contribution is 2.30. The maximum absolute atomic E-state index is 11.2. The van der Waals surface area contributed by atoms with Gasteiger partial charge in [0.25, 0.3) is 0 Å². The summed E-state index contributed by atoms with van der Waals surface area (Å²) >= 11 is 3.17. The van der Waals surface area contributed by atoms with Gasteiger partial charge in [-0.2, -0.15) is 0 Å². The van der Waals surface area contributed by atoms with Crippen molar-refractivity contribution in [3.05, 3.63) is 29.3 Å². The first-order chi connectivity index (χ1) is 7.41. The number of carbonyl (C=O) groups excluding carboxylic acids is 1. The number of carboxylic acid groups (broad SMARTS) is 1. The number of phenols is 1. The van der Waals surface area contributed by atoms with Crippen LogP contribution in [0.1, 0.15) is 22.9 Å². The first-order valence-corrected chi connectivity index (χ1v) is 5.51. The van der Waals surface area contributed by atoms with Gasteiger partial charge >= 0.3 is 5.97 Å². The quantitative estimate of drug-likeness (QED) is 0.831. The van der Waals surface area contributed by atoms with Gasteiger partial charge < -0.3 is 10.2 Å².